The molecule has 0 atom stereocenters. The van der Waals surface area contributed by atoms with Gasteiger partial charge in [0.05, 0.1) is 4.47 Å². The van der Waals surface area contributed by atoms with E-state index in [-0.39, 0.29) is 10.2 Å². The average Bonchev–Trinajstić information content (AvgIpc) is 2.09. The van der Waals surface area contributed by atoms with E-state index in [1.54, 1.807) is 0 Å². The average molecular weight is 345 g/mol. The highest BCUT2D eigenvalue weighted by Gasteiger charge is 2.34. The van der Waals surface area contributed by atoms with Gasteiger partial charge in [-0.2, -0.15) is 8.78 Å². The Morgan fingerprint density at radius 1 is 1.40 bits per heavy atom. The Labute approximate surface area is 100 Å². The highest BCUT2D eigenvalue weighted by Crippen LogP contribution is 2.31. The molecule has 0 bridgehead atoms. The number of alkyl halides is 2. The van der Waals surface area contributed by atoms with Crippen molar-refractivity contribution in [1.29, 1.82) is 0 Å². The van der Waals surface area contributed by atoms with E-state index in [0.29, 0.717) is 4.47 Å². The smallest absolute Gasteiger partial charge is 0.441 e. The fraction of sp³-hybridized carbons (Fsp3) is 0.125. The number of benzene rings is 1. The second-order valence-corrected chi connectivity index (χ2v) is 4.25. The van der Waals surface area contributed by atoms with Crippen molar-refractivity contribution >= 4 is 37.8 Å². The Morgan fingerprint density at radius 3 is 2.47 bits per heavy atom. The zero-order chi connectivity index (χ0) is 11.6. The molecule has 1 rings (SSSR count). The molecule has 0 unspecified atom stereocenters. The van der Waals surface area contributed by atoms with Crippen molar-refractivity contribution in [3.63, 3.8) is 0 Å². The number of aliphatic carboxylic acids is 1. The van der Waals surface area contributed by atoms with Crippen molar-refractivity contribution in [3.05, 3.63) is 27.1 Å². The molecule has 0 heterocycles. The second kappa shape index (κ2) is 4.44. The molecule has 0 fully saturated rings. The van der Waals surface area contributed by atoms with Gasteiger partial charge in [-0.15, -0.1) is 0 Å². The number of ether oxygens (including phenoxy) is 1. The first kappa shape index (κ1) is 12.4. The summed E-state index contributed by atoms with van der Waals surface area (Å²) < 4.78 is 30.0. The van der Waals surface area contributed by atoms with Crippen LogP contribution in [0.1, 0.15) is 0 Å². The monoisotopic (exact) mass is 343 g/mol. The van der Waals surface area contributed by atoms with Crippen LogP contribution in [0.25, 0.3) is 0 Å². The van der Waals surface area contributed by atoms with Gasteiger partial charge in [-0.25, -0.2) is 0 Å². The Hall–Kier alpha value is -0.690. The molecule has 0 aliphatic heterocycles. The molecule has 1 aromatic carbocycles. The van der Waals surface area contributed by atoms with Crippen LogP contribution in [0.4, 0.5) is 8.78 Å². The maximum Gasteiger partial charge on any atom is 0.441 e. The quantitative estimate of drug-likeness (QED) is 0.842. The first-order valence-electron chi connectivity index (χ1n) is 3.56. The molecule has 0 saturated heterocycles. The van der Waals surface area contributed by atoms with Crippen LogP contribution < -0.4 is 9.84 Å². The largest absolute Gasteiger partial charge is 0.541 e. The number of hydrogen-bond donors (Lipinski definition) is 0. The summed E-state index contributed by atoms with van der Waals surface area (Å²) in [5.41, 5.74) is 0. The van der Waals surface area contributed by atoms with Crippen LogP contribution in [0.5, 0.6) is 5.75 Å². The van der Waals surface area contributed by atoms with Gasteiger partial charge >= 0.3 is 6.11 Å². The lowest BCUT2D eigenvalue weighted by atomic mass is 10.3. The molecule has 0 spiro atoms. The Morgan fingerprint density at radius 2 is 2.00 bits per heavy atom. The van der Waals surface area contributed by atoms with E-state index >= 15 is 0 Å². The number of carboxylic acids is 1. The zero-order valence-corrected chi connectivity index (χ0v) is 10.1. The lowest BCUT2D eigenvalue weighted by molar-refractivity contribution is -0.350. The zero-order valence-electron chi connectivity index (χ0n) is 6.97. The molecule has 0 N–H and O–H groups in total. The molecule has 82 valence electrons. The third-order valence-corrected chi connectivity index (χ3v) is 2.48. The summed E-state index contributed by atoms with van der Waals surface area (Å²) in [5.74, 6) is -2.87. The van der Waals surface area contributed by atoms with E-state index in [2.05, 4.69) is 36.6 Å². The van der Waals surface area contributed by atoms with Gasteiger partial charge in [-0.3, -0.25) is 0 Å². The highest BCUT2D eigenvalue weighted by atomic mass is 79.9. The normalized spacial score (nSPS) is 11.2. The minimum Gasteiger partial charge on any atom is -0.541 e. The maximum atomic E-state index is 12.6. The summed E-state index contributed by atoms with van der Waals surface area (Å²) in [6, 6.07) is 4.08. The molecule has 3 nitrogen and oxygen atoms in total. The van der Waals surface area contributed by atoms with Crippen molar-refractivity contribution in [2.75, 3.05) is 0 Å². The maximum absolute atomic E-state index is 12.6. The van der Waals surface area contributed by atoms with Crippen molar-refractivity contribution in [1.82, 2.24) is 0 Å². The molecule has 0 aromatic heterocycles. The molecule has 15 heavy (non-hydrogen) atoms. The molecule has 7 heteroatoms. The Balaban J connectivity index is 2.95. The van der Waals surface area contributed by atoms with E-state index in [9.17, 15) is 18.7 Å². The van der Waals surface area contributed by atoms with Gasteiger partial charge in [0.15, 0.2) is 5.97 Å². The number of rotatable bonds is 3. The van der Waals surface area contributed by atoms with Gasteiger partial charge in [-0.1, -0.05) is 15.9 Å². The molecule has 0 amide bonds. The van der Waals surface area contributed by atoms with Crippen LogP contribution in [-0.4, -0.2) is 12.1 Å². The summed E-state index contributed by atoms with van der Waals surface area (Å²) >= 11 is 6.05. The predicted molar refractivity (Wildman–Crippen MR) is 52.4 cm³/mol. The first-order valence-corrected chi connectivity index (χ1v) is 5.15. The molecular weight excluding hydrogens is 342 g/mol. The fourth-order valence-corrected chi connectivity index (χ4v) is 1.87. The van der Waals surface area contributed by atoms with E-state index in [4.69, 9.17) is 0 Å². The van der Waals surface area contributed by atoms with Gasteiger partial charge < -0.3 is 14.6 Å². The minimum absolute atomic E-state index is 0.206. The van der Waals surface area contributed by atoms with Crippen LogP contribution in [0, 0.1) is 0 Å². The highest BCUT2D eigenvalue weighted by molar-refractivity contribution is 9.11. The molecular formula is C8H3Br2F2O3-. The fourth-order valence-electron chi connectivity index (χ4n) is 0.738. The van der Waals surface area contributed by atoms with Crippen LogP contribution in [-0.2, 0) is 4.79 Å². The second-order valence-electron chi connectivity index (χ2n) is 2.48. The third kappa shape index (κ3) is 3.13. The van der Waals surface area contributed by atoms with Crippen LogP contribution >= 0.6 is 31.9 Å². The van der Waals surface area contributed by atoms with E-state index in [0.717, 1.165) is 0 Å². The van der Waals surface area contributed by atoms with Gasteiger partial charge in [0.1, 0.15) is 5.75 Å². The molecule has 0 aliphatic carbocycles. The Kier molecular flexibility index (Phi) is 3.67. The number of halogens is 4. The van der Waals surface area contributed by atoms with Crippen molar-refractivity contribution in [3.8, 4) is 5.75 Å². The van der Waals surface area contributed by atoms with Gasteiger partial charge in [0.25, 0.3) is 0 Å². The van der Waals surface area contributed by atoms with E-state index < -0.39 is 12.1 Å². The van der Waals surface area contributed by atoms with E-state index in [1.807, 2.05) is 0 Å². The van der Waals surface area contributed by atoms with Gasteiger partial charge in [-0.05, 0) is 34.1 Å². The topological polar surface area (TPSA) is 49.4 Å². The number of hydrogen-bond acceptors (Lipinski definition) is 3. The summed E-state index contributed by atoms with van der Waals surface area (Å²) in [6.07, 6.45) is -4.35. The van der Waals surface area contributed by atoms with E-state index in [1.165, 1.54) is 18.2 Å². The van der Waals surface area contributed by atoms with Crippen molar-refractivity contribution in [2.24, 2.45) is 0 Å². The van der Waals surface area contributed by atoms with Crippen molar-refractivity contribution in [2.45, 2.75) is 6.11 Å². The van der Waals surface area contributed by atoms with Crippen LogP contribution in [0.3, 0.4) is 0 Å². The summed E-state index contributed by atoms with van der Waals surface area (Å²) in [6.45, 7) is 0. The number of carboxylic acid groups (broad SMARTS) is 1. The SMILES string of the molecule is O=C([O-])C(F)(F)Oc1ccc(Br)cc1Br. The summed E-state index contributed by atoms with van der Waals surface area (Å²) in [5, 5.41) is 9.99. The molecule has 0 radical (unpaired) electrons. The summed E-state index contributed by atoms with van der Waals surface area (Å²) in [4.78, 5) is 9.99. The lowest BCUT2D eigenvalue weighted by Gasteiger charge is -2.19. The van der Waals surface area contributed by atoms with Gasteiger partial charge in [0.2, 0.25) is 0 Å². The van der Waals surface area contributed by atoms with Crippen LogP contribution in [0.15, 0.2) is 27.1 Å². The summed E-state index contributed by atoms with van der Waals surface area (Å²) in [7, 11) is 0. The lowest BCUT2D eigenvalue weighted by Crippen LogP contribution is -2.45. The molecule has 1 aromatic rings. The van der Waals surface area contributed by atoms with Gasteiger partial charge in [0, 0.05) is 4.47 Å². The standard InChI is InChI=1S/C8H4Br2F2O3/c9-4-1-2-6(5(10)3-4)15-8(11,12)7(13)14/h1-3H,(H,13,14)/p-1. The Bertz CT molecular complexity index is 395. The first-order chi connectivity index (χ1) is 6.83. The van der Waals surface area contributed by atoms with Crippen LogP contribution in [0.2, 0.25) is 0 Å². The molecule has 0 aliphatic rings. The third-order valence-electron chi connectivity index (χ3n) is 1.37. The predicted octanol–water partition coefficient (Wildman–Crippen LogP) is 1.93. The molecule has 0 saturated carbocycles. The number of carbonyl (C=O) groups is 1. The number of carbonyl (C=O) groups excluding carboxylic acids is 1. The van der Waals surface area contributed by atoms with Crippen molar-refractivity contribution < 1.29 is 23.4 Å². The minimum atomic E-state index is -4.35.